The first-order chi connectivity index (χ1) is 12.8. The SMILES string of the molecule is ON(C(=Nc1cccc2ccccc12)c1ccccc1)c1ccccc1. The summed E-state index contributed by atoms with van der Waals surface area (Å²) >= 11 is 0. The van der Waals surface area contributed by atoms with Crippen molar-refractivity contribution in [1.29, 1.82) is 0 Å². The molecule has 4 rings (SSSR count). The standard InChI is InChI=1S/C23H18N2O/c26-25(20-14-5-2-6-15-20)23(19-11-3-1-4-12-19)24-22-17-9-13-18-10-7-8-16-21(18)22/h1-17,26H. The van der Waals surface area contributed by atoms with Crippen molar-refractivity contribution < 1.29 is 5.21 Å². The minimum Gasteiger partial charge on any atom is -0.282 e. The number of amidine groups is 1. The number of rotatable bonds is 3. The van der Waals surface area contributed by atoms with Gasteiger partial charge in [-0.1, -0.05) is 84.9 Å². The Balaban J connectivity index is 1.89. The maximum absolute atomic E-state index is 10.9. The van der Waals surface area contributed by atoms with Crippen LogP contribution in [-0.4, -0.2) is 11.0 Å². The van der Waals surface area contributed by atoms with Gasteiger partial charge >= 0.3 is 0 Å². The van der Waals surface area contributed by atoms with Gasteiger partial charge in [0.05, 0.1) is 11.4 Å². The van der Waals surface area contributed by atoms with Gasteiger partial charge in [0.15, 0.2) is 5.84 Å². The van der Waals surface area contributed by atoms with E-state index in [9.17, 15) is 5.21 Å². The van der Waals surface area contributed by atoms with E-state index in [1.165, 1.54) is 0 Å². The third-order valence-electron chi connectivity index (χ3n) is 4.23. The van der Waals surface area contributed by atoms with Gasteiger partial charge in [0.25, 0.3) is 0 Å². The molecule has 0 unspecified atom stereocenters. The Labute approximate surface area is 152 Å². The molecule has 4 aromatic carbocycles. The minimum absolute atomic E-state index is 0.480. The molecule has 0 aliphatic rings. The number of hydrogen-bond donors (Lipinski definition) is 1. The summed E-state index contributed by atoms with van der Waals surface area (Å²) in [5.41, 5.74) is 2.32. The molecule has 0 radical (unpaired) electrons. The van der Waals surface area contributed by atoms with E-state index < -0.39 is 0 Å². The van der Waals surface area contributed by atoms with Crippen molar-refractivity contribution in [3.63, 3.8) is 0 Å². The van der Waals surface area contributed by atoms with Gasteiger partial charge < -0.3 is 0 Å². The van der Waals surface area contributed by atoms with Crippen LogP contribution in [-0.2, 0) is 0 Å². The van der Waals surface area contributed by atoms with E-state index in [-0.39, 0.29) is 0 Å². The fraction of sp³-hybridized carbons (Fsp3) is 0. The van der Waals surface area contributed by atoms with E-state index in [0.717, 1.165) is 27.1 Å². The molecule has 0 saturated carbocycles. The zero-order valence-corrected chi connectivity index (χ0v) is 14.2. The number of nitrogens with zero attached hydrogens (tertiary/aromatic N) is 2. The van der Waals surface area contributed by atoms with Crippen molar-refractivity contribution in [2.45, 2.75) is 0 Å². The lowest BCUT2D eigenvalue weighted by Crippen LogP contribution is -2.27. The maximum atomic E-state index is 10.9. The summed E-state index contributed by atoms with van der Waals surface area (Å²) in [6.07, 6.45) is 0. The summed E-state index contributed by atoms with van der Waals surface area (Å²) in [6, 6.07) is 33.2. The van der Waals surface area contributed by atoms with Crippen LogP contribution < -0.4 is 5.06 Å². The second-order valence-electron chi connectivity index (χ2n) is 5.95. The first-order valence-corrected chi connectivity index (χ1v) is 8.49. The van der Waals surface area contributed by atoms with Gasteiger partial charge in [-0.2, -0.15) is 0 Å². The predicted octanol–water partition coefficient (Wildman–Crippen LogP) is 5.81. The molecular formula is C23H18N2O. The molecule has 0 aliphatic carbocycles. The van der Waals surface area contributed by atoms with Crippen LogP contribution in [0.2, 0.25) is 0 Å². The van der Waals surface area contributed by atoms with Crippen molar-refractivity contribution in [1.82, 2.24) is 0 Å². The third kappa shape index (κ3) is 3.21. The van der Waals surface area contributed by atoms with Crippen LogP contribution >= 0.6 is 0 Å². The smallest absolute Gasteiger partial charge is 0.165 e. The number of anilines is 1. The zero-order chi connectivity index (χ0) is 17.8. The minimum atomic E-state index is 0.480. The van der Waals surface area contributed by atoms with Crippen molar-refractivity contribution in [3.8, 4) is 0 Å². The van der Waals surface area contributed by atoms with Crippen LogP contribution in [0.3, 0.4) is 0 Å². The van der Waals surface area contributed by atoms with Gasteiger partial charge in [-0.3, -0.25) is 5.21 Å². The first-order valence-electron chi connectivity index (χ1n) is 8.49. The second-order valence-corrected chi connectivity index (χ2v) is 5.95. The number of hydrogen-bond acceptors (Lipinski definition) is 2. The Bertz CT molecular complexity index is 1040. The molecule has 4 aromatic rings. The second kappa shape index (κ2) is 7.21. The highest BCUT2D eigenvalue weighted by atomic mass is 16.5. The lowest BCUT2D eigenvalue weighted by Gasteiger charge is -2.19. The Morgan fingerprint density at radius 3 is 2.04 bits per heavy atom. The van der Waals surface area contributed by atoms with Gasteiger partial charge in [0.1, 0.15) is 0 Å². The fourth-order valence-electron chi connectivity index (χ4n) is 2.93. The molecule has 0 fully saturated rings. The summed E-state index contributed by atoms with van der Waals surface area (Å²) in [5, 5.41) is 14.2. The zero-order valence-electron chi connectivity index (χ0n) is 14.2. The van der Waals surface area contributed by atoms with Crippen LogP contribution in [0.15, 0.2) is 108 Å². The molecule has 0 atom stereocenters. The van der Waals surface area contributed by atoms with E-state index in [1.54, 1.807) is 0 Å². The predicted molar refractivity (Wildman–Crippen MR) is 107 cm³/mol. The number of benzene rings is 4. The maximum Gasteiger partial charge on any atom is 0.165 e. The molecule has 0 aliphatic heterocycles. The fourth-order valence-corrected chi connectivity index (χ4v) is 2.93. The highest BCUT2D eigenvalue weighted by Gasteiger charge is 2.14. The molecule has 0 heterocycles. The van der Waals surface area contributed by atoms with Crippen LogP contribution in [0.4, 0.5) is 11.4 Å². The van der Waals surface area contributed by atoms with Crippen molar-refractivity contribution in [2.75, 3.05) is 5.06 Å². The first kappa shape index (κ1) is 16.1. The van der Waals surface area contributed by atoms with Gasteiger partial charge in [-0.05, 0) is 23.6 Å². The summed E-state index contributed by atoms with van der Waals surface area (Å²) in [5.74, 6) is 0.480. The van der Waals surface area contributed by atoms with Gasteiger partial charge in [0, 0.05) is 10.9 Å². The summed E-state index contributed by atoms with van der Waals surface area (Å²) < 4.78 is 0. The number of aliphatic imine (C=N–C) groups is 1. The monoisotopic (exact) mass is 338 g/mol. The molecule has 0 amide bonds. The Morgan fingerprint density at radius 2 is 1.27 bits per heavy atom. The number of fused-ring (bicyclic) bond motifs is 1. The van der Waals surface area contributed by atoms with E-state index in [4.69, 9.17) is 4.99 Å². The number of para-hydroxylation sites is 1. The Kier molecular flexibility index (Phi) is 4.46. The van der Waals surface area contributed by atoms with E-state index in [1.807, 2.05) is 91.0 Å². The molecule has 0 spiro atoms. The van der Waals surface area contributed by atoms with Gasteiger partial charge in [0.2, 0.25) is 0 Å². The van der Waals surface area contributed by atoms with Crippen LogP contribution in [0.25, 0.3) is 10.8 Å². The molecule has 3 heteroatoms. The van der Waals surface area contributed by atoms with Crippen molar-refractivity contribution >= 4 is 28.0 Å². The van der Waals surface area contributed by atoms with Crippen LogP contribution in [0.5, 0.6) is 0 Å². The number of hydroxylamine groups is 1. The molecule has 26 heavy (non-hydrogen) atoms. The van der Waals surface area contributed by atoms with Gasteiger partial charge in [-0.25, -0.2) is 10.1 Å². The van der Waals surface area contributed by atoms with E-state index >= 15 is 0 Å². The topological polar surface area (TPSA) is 35.8 Å². The molecule has 3 nitrogen and oxygen atoms in total. The normalized spacial score (nSPS) is 11.5. The van der Waals surface area contributed by atoms with Crippen molar-refractivity contribution in [2.24, 2.45) is 4.99 Å². The summed E-state index contributed by atoms with van der Waals surface area (Å²) in [4.78, 5) is 4.83. The molecule has 0 bridgehead atoms. The van der Waals surface area contributed by atoms with Gasteiger partial charge in [-0.15, -0.1) is 0 Å². The van der Waals surface area contributed by atoms with E-state index in [0.29, 0.717) is 11.5 Å². The van der Waals surface area contributed by atoms with Crippen LogP contribution in [0.1, 0.15) is 5.56 Å². The molecule has 126 valence electrons. The van der Waals surface area contributed by atoms with E-state index in [2.05, 4.69) is 12.1 Å². The Hall–Kier alpha value is -3.43. The molecule has 1 N–H and O–H groups in total. The lowest BCUT2D eigenvalue weighted by atomic mass is 10.1. The molecule has 0 aromatic heterocycles. The van der Waals surface area contributed by atoms with Crippen LogP contribution in [0, 0.1) is 0 Å². The summed E-state index contributed by atoms with van der Waals surface area (Å²) in [7, 11) is 0. The highest BCUT2D eigenvalue weighted by molar-refractivity contribution is 6.10. The largest absolute Gasteiger partial charge is 0.282 e. The quantitative estimate of drug-likeness (QED) is 0.290. The third-order valence-corrected chi connectivity index (χ3v) is 4.23. The lowest BCUT2D eigenvalue weighted by molar-refractivity contribution is 0.313. The average Bonchev–Trinajstić information content (AvgIpc) is 2.73. The molecule has 0 saturated heterocycles. The summed E-state index contributed by atoms with van der Waals surface area (Å²) in [6.45, 7) is 0. The average molecular weight is 338 g/mol. The Morgan fingerprint density at radius 1 is 0.654 bits per heavy atom. The molecular weight excluding hydrogens is 320 g/mol. The highest BCUT2D eigenvalue weighted by Crippen LogP contribution is 2.27. The van der Waals surface area contributed by atoms with Crippen molar-refractivity contribution in [3.05, 3.63) is 109 Å².